The average Bonchev–Trinajstić information content (AvgIpc) is 2.28. The predicted molar refractivity (Wildman–Crippen MR) is 121 cm³/mol. The summed E-state index contributed by atoms with van der Waals surface area (Å²) in [7, 11) is 0. The Balaban J connectivity index is 5.04. The Morgan fingerprint density at radius 1 is 0.769 bits per heavy atom. The van der Waals surface area contributed by atoms with Gasteiger partial charge in [0, 0.05) is 10.7 Å². The summed E-state index contributed by atoms with van der Waals surface area (Å²) < 4.78 is 0.0123. The van der Waals surface area contributed by atoms with Crippen molar-refractivity contribution < 1.29 is 4.79 Å². The molecule has 3 unspecified atom stereocenters. The van der Waals surface area contributed by atoms with Gasteiger partial charge in [0.2, 0.25) is 0 Å². The van der Waals surface area contributed by atoms with Crippen molar-refractivity contribution in [1.82, 2.24) is 0 Å². The van der Waals surface area contributed by atoms with Crippen molar-refractivity contribution in [3.63, 3.8) is 0 Å². The molecule has 2 heteroatoms. The Morgan fingerprint density at radius 3 is 1.62 bits per heavy atom. The van der Waals surface area contributed by atoms with Gasteiger partial charge in [-0.2, -0.15) is 0 Å². The Bertz CT molecular complexity index is 422. The van der Waals surface area contributed by atoms with Gasteiger partial charge in [0.15, 0.2) is 5.12 Å². The van der Waals surface area contributed by atoms with E-state index in [0.717, 1.165) is 19.3 Å². The van der Waals surface area contributed by atoms with E-state index in [2.05, 4.69) is 83.1 Å². The van der Waals surface area contributed by atoms with Gasteiger partial charge < -0.3 is 0 Å². The smallest absolute Gasteiger partial charge is 0.192 e. The fraction of sp³-hybridized carbons (Fsp3) is 0.958. The zero-order valence-electron chi connectivity index (χ0n) is 20.0. The summed E-state index contributed by atoms with van der Waals surface area (Å²) in [5.74, 6) is 1.83. The van der Waals surface area contributed by atoms with E-state index in [1.165, 1.54) is 6.42 Å². The molecule has 0 rings (SSSR count). The normalized spacial score (nSPS) is 17.3. The van der Waals surface area contributed by atoms with Crippen molar-refractivity contribution in [1.29, 1.82) is 0 Å². The van der Waals surface area contributed by atoms with Crippen molar-refractivity contribution in [2.75, 3.05) is 0 Å². The second kappa shape index (κ2) is 9.99. The molecular formula is C24H48OS. The van der Waals surface area contributed by atoms with Crippen LogP contribution in [0.5, 0.6) is 0 Å². The second-order valence-electron chi connectivity index (χ2n) is 12.2. The molecule has 0 saturated carbocycles. The minimum absolute atomic E-state index is 0.0123. The third-order valence-corrected chi connectivity index (χ3v) is 6.05. The maximum Gasteiger partial charge on any atom is 0.192 e. The molecule has 26 heavy (non-hydrogen) atoms. The molecule has 0 aromatic rings. The van der Waals surface area contributed by atoms with Crippen LogP contribution in [0.4, 0.5) is 0 Å². The molecule has 0 N–H and O–H groups in total. The van der Waals surface area contributed by atoms with Crippen LogP contribution in [-0.4, -0.2) is 9.86 Å². The summed E-state index contributed by atoms with van der Waals surface area (Å²) in [6.07, 6.45) is 4.43. The molecule has 0 heterocycles. The fourth-order valence-corrected chi connectivity index (χ4v) is 5.92. The van der Waals surface area contributed by atoms with Gasteiger partial charge in [0.05, 0.1) is 0 Å². The van der Waals surface area contributed by atoms with Gasteiger partial charge in [-0.1, -0.05) is 94.8 Å². The molecule has 0 radical (unpaired) electrons. The van der Waals surface area contributed by atoms with Gasteiger partial charge in [0.25, 0.3) is 0 Å². The Morgan fingerprint density at radius 2 is 1.23 bits per heavy atom. The molecule has 0 spiro atoms. The van der Waals surface area contributed by atoms with E-state index in [1.807, 2.05) is 0 Å². The molecule has 0 aromatic carbocycles. The van der Waals surface area contributed by atoms with Crippen molar-refractivity contribution in [2.24, 2.45) is 34.5 Å². The van der Waals surface area contributed by atoms with Crippen LogP contribution in [0.2, 0.25) is 0 Å². The van der Waals surface area contributed by atoms with E-state index < -0.39 is 0 Å². The molecule has 0 bridgehead atoms. The molecule has 0 aromatic heterocycles. The van der Waals surface area contributed by atoms with E-state index in [4.69, 9.17) is 0 Å². The maximum absolute atomic E-state index is 13.3. The Labute approximate surface area is 169 Å². The summed E-state index contributed by atoms with van der Waals surface area (Å²) in [6.45, 7) is 27.4. The van der Waals surface area contributed by atoms with E-state index in [-0.39, 0.29) is 16.1 Å². The largest absolute Gasteiger partial charge is 0.287 e. The lowest BCUT2D eigenvalue weighted by atomic mass is 9.77. The van der Waals surface area contributed by atoms with Crippen LogP contribution in [0.25, 0.3) is 0 Å². The summed E-state index contributed by atoms with van der Waals surface area (Å²) in [5.41, 5.74) is 0.627. The lowest BCUT2D eigenvalue weighted by Crippen LogP contribution is -2.30. The molecule has 0 aliphatic heterocycles. The monoisotopic (exact) mass is 384 g/mol. The molecule has 0 saturated heterocycles. The average molecular weight is 385 g/mol. The molecule has 0 amide bonds. The van der Waals surface area contributed by atoms with Gasteiger partial charge in [0.1, 0.15) is 0 Å². The number of thioether (sulfide) groups is 1. The lowest BCUT2D eigenvalue weighted by Gasteiger charge is -2.34. The first-order valence-electron chi connectivity index (χ1n) is 10.6. The van der Waals surface area contributed by atoms with Crippen LogP contribution < -0.4 is 0 Å². The number of hydrogen-bond donors (Lipinski definition) is 0. The van der Waals surface area contributed by atoms with Crippen LogP contribution >= 0.6 is 11.8 Å². The quantitative estimate of drug-likeness (QED) is 0.398. The Kier molecular flexibility index (Phi) is 9.99. The van der Waals surface area contributed by atoms with Crippen LogP contribution in [0.3, 0.4) is 0 Å². The number of hydrogen-bond acceptors (Lipinski definition) is 2. The standard InChI is InChI=1S/C24H48OS/c1-17(2)13-20(19(4)16-23(8,9)10)21(25)26-24(11,12)15-18(3)14-22(5,6)7/h17-20H,13-16H2,1-12H3. The minimum Gasteiger partial charge on any atom is -0.287 e. The van der Waals surface area contributed by atoms with Crippen LogP contribution in [0.15, 0.2) is 0 Å². The van der Waals surface area contributed by atoms with E-state index in [9.17, 15) is 4.79 Å². The van der Waals surface area contributed by atoms with Crippen LogP contribution in [0.1, 0.15) is 109 Å². The van der Waals surface area contributed by atoms with Crippen molar-refractivity contribution in [3.05, 3.63) is 0 Å². The highest BCUT2D eigenvalue weighted by Crippen LogP contribution is 2.41. The van der Waals surface area contributed by atoms with Gasteiger partial charge in [-0.05, 0) is 54.3 Å². The third kappa shape index (κ3) is 12.4. The van der Waals surface area contributed by atoms with E-state index in [1.54, 1.807) is 11.8 Å². The highest BCUT2D eigenvalue weighted by atomic mass is 32.2. The number of carbonyl (C=O) groups excluding carboxylic acids is 1. The predicted octanol–water partition coefficient (Wildman–Crippen LogP) is 8.22. The lowest BCUT2D eigenvalue weighted by molar-refractivity contribution is -0.116. The summed E-state index contributed by atoms with van der Waals surface area (Å²) >= 11 is 1.62. The molecule has 0 aliphatic carbocycles. The molecule has 0 aliphatic rings. The topological polar surface area (TPSA) is 17.1 Å². The van der Waals surface area contributed by atoms with Crippen LogP contribution in [0, 0.1) is 34.5 Å². The molecular weight excluding hydrogens is 336 g/mol. The number of carbonyl (C=O) groups is 1. The highest BCUT2D eigenvalue weighted by Gasteiger charge is 2.34. The summed E-state index contributed by atoms with van der Waals surface area (Å²) in [5, 5.41) is 0.420. The Hall–Kier alpha value is 0.0200. The van der Waals surface area contributed by atoms with Gasteiger partial charge in [-0.15, -0.1) is 0 Å². The van der Waals surface area contributed by atoms with Crippen molar-refractivity contribution in [3.8, 4) is 0 Å². The highest BCUT2D eigenvalue weighted by molar-refractivity contribution is 8.14. The van der Waals surface area contributed by atoms with Gasteiger partial charge in [-0.25, -0.2) is 0 Å². The van der Waals surface area contributed by atoms with E-state index in [0.29, 0.717) is 28.3 Å². The first-order valence-corrected chi connectivity index (χ1v) is 11.5. The summed E-state index contributed by atoms with van der Waals surface area (Å²) in [6, 6.07) is 0. The van der Waals surface area contributed by atoms with Crippen LogP contribution in [-0.2, 0) is 4.79 Å². The maximum atomic E-state index is 13.3. The third-order valence-electron chi connectivity index (χ3n) is 4.83. The second-order valence-corrected chi connectivity index (χ2v) is 13.9. The van der Waals surface area contributed by atoms with Gasteiger partial charge >= 0.3 is 0 Å². The van der Waals surface area contributed by atoms with E-state index >= 15 is 0 Å². The number of rotatable bonds is 9. The minimum atomic E-state index is 0.0123. The van der Waals surface area contributed by atoms with Gasteiger partial charge in [-0.3, -0.25) is 4.79 Å². The SMILES string of the molecule is CC(C)CC(C(=O)SC(C)(C)CC(C)CC(C)(C)C)C(C)CC(C)(C)C. The van der Waals surface area contributed by atoms with Crippen molar-refractivity contribution in [2.45, 2.75) is 114 Å². The molecule has 0 fully saturated rings. The zero-order chi connectivity index (χ0) is 20.9. The first kappa shape index (κ1) is 26.0. The molecule has 3 atom stereocenters. The molecule has 156 valence electrons. The summed E-state index contributed by atoms with van der Waals surface area (Å²) in [4.78, 5) is 13.3. The molecule has 1 nitrogen and oxygen atoms in total. The zero-order valence-corrected chi connectivity index (χ0v) is 20.8. The first-order chi connectivity index (χ1) is 11.4. The van der Waals surface area contributed by atoms with Crippen molar-refractivity contribution >= 4 is 16.9 Å². The fourth-order valence-electron chi connectivity index (χ4n) is 4.52.